The lowest BCUT2D eigenvalue weighted by Gasteiger charge is -2.43. The van der Waals surface area contributed by atoms with Crippen LogP contribution >= 0.6 is 0 Å². The monoisotopic (exact) mass is 220 g/mol. The van der Waals surface area contributed by atoms with Crippen LogP contribution < -0.4 is 0 Å². The molecule has 3 fully saturated rings. The van der Waals surface area contributed by atoms with E-state index in [2.05, 4.69) is 27.4 Å². The first-order chi connectivity index (χ1) is 7.47. The third-order valence-corrected chi connectivity index (χ3v) is 6.09. The molecule has 3 aliphatic carbocycles. The fourth-order valence-electron chi connectivity index (χ4n) is 5.19. The fourth-order valence-corrected chi connectivity index (χ4v) is 5.19. The normalized spacial score (nSPS) is 55.1. The summed E-state index contributed by atoms with van der Waals surface area (Å²) in [6.07, 6.45) is 3.60. The van der Waals surface area contributed by atoms with Gasteiger partial charge in [0.2, 0.25) is 0 Å². The van der Waals surface area contributed by atoms with Crippen LogP contribution in [0.5, 0.6) is 0 Å². The molecule has 3 saturated carbocycles. The maximum Gasteiger partial charge on any atom is 0.0611 e. The molecule has 1 heteroatoms. The van der Waals surface area contributed by atoms with Crippen LogP contribution in [0.4, 0.5) is 0 Å². The van der Waals surface area contributed by atoms with Crippen LogP contribution in [0.15, 0.2) is 12.2 Å². The van der Waals surface area contributed by atoms with Crippen LogP contribution in [-0.2, 0) is 0 Å². The molecule has 0 saturated heterocycles. The van der Waals surface area contributed by atoms with Crippen molar-refractivity contribution in [1.82, 2.24) is 0 Å². The second-order valence-electron chi connectivity index (χ2n) is 6.90. The summed E-state index contributed by atoms with van der Waals surface area (Å²) in [5.74, 6) is 3.46. The smallest absolute Gasteiger partial charge is 0.0611 e. The molecule has 0 aliphatic heterocycles. The van der Waals surface area contributed by atoms with E-state index in [1.165, 1.54) is 18.4 Å². The van der Waals surface area contributed by atoms with Gasteiger partial charge in [-0.15, -0.1) is 0 Å². The zero-order chi connectivity index (χ0) is 11.7. The number of aliphatic hydroxyl groups excluding tert-OH is 1. The third kappa shape index (κ3) is 1.06. The number of aliphatic hydroxyl groups is 1. The molecule has 0 unspecified atom stereocenters. The van der Waals surface area contributed by atoms with Crippen molar-refractivity contribution >= 4 is 0 Å². The lowest BCUT2D eigenvalue weighted by Crippen LogP contribution is -2.36. The highest BCUT2D eigenvalue weighted by molar-refractivity contribution is 5.31. The largest absolute Gasteiger partial charge is 0.392 e. The van der Waals surface area contributed by atoms with Crippen molar-refractivity contribution in [2.45, 2.75) is 46.1 Å². The molecule has 1 N–H and O–H groups in total. The standard InChI is InChI=1S/C15H24O/c1-8(2)10-5-6-15(4)9(3)13-12(16)7-11(15)14(10)13/h8,10-14,16H,3,5-7H2,1-2,4H3/t10-,11+,12-,13-,14+,15+/m1/s1. The molecule has 0 amide bonds. The molecule has 1 nitrogen and oxygen atoms in total. The van der Waals surface area contributed by atoms with E-state index in [0.717, 1.165) is 30.1 Å². The van der Waals surface area contributed by atoms with Gasteiger partial charge in [-0.2, -0.15) is 0 Å². The van der Waals surface area contributed by atoms with E-state index in [0.29, 0.717) is 11.3 Å². The lowest BCUT2D eigenvalue weighted by molar-refractivity contribution is 0.0726. The van der Waals surface area contributed by atoms with Gasteiger partial charge in [0, 0.05) is 5.92 Å². The molecule has 16 heavy (non-hydrogen) atoms. The summed E-state index contributed by atoms with van der Waals surface area (Å²) in [5, 5.41) is 10.2. The van der Waals surface area contributed by atoms with E-state index in [-0.39, 0.29) is 6.10 Å². The van der Waals surface area contributed by atoms with Crippen LogP contribution in [0.2, 0.25) is 0 Å². The molecule has 0 heterocycles. The molecule has 0 aromatic carbocycles. The van der Waals surface area contributed by atoms with Crippen LogP contribution in [0.1, 0.15) is 40.0 Å². The Morgan fingerprint density at radius 3 is 2.75 bits per heavy atom. The molecule has 3 aliphatic rings. The third-order valence-electron chi connectivity index (χ3n) is 6.09. The van der Waals surface area contributed by atoms with Crippen LogP contribution in [0.25, 0.3) is 0 Å². The van der Waals surface area contributed by atoms with Crippen LogP contribution in [0, 0.1) is 35.0 Å². The van der Waals surface area contributed by atoms with Gasteiger partial charge in [-0.3, -0.25) is 0 Å². The van der Waals surface area contributed by atoms with Gasteiger partial charge < -0.3 is 5.11 Å². The SMILES string of the molecule is C=C1[C@H]2[C@H]3[C@@H](C(C)C)CC[C@]1(C)[C@H]3C[C@H]2O. The molecule has 0 aromatic heterocycles. The molecule has 0 aromatic rings. The Labute approximate surface area is 98.9 Å². The highest BCUT2D eigenvalue weighted by atomic mass is 16.3. The summed E-state index contributed by atoms with van der Waals surface area (Å²) in [5.41, 5.74) is 1.74. The van der Waals surface area contributed by atoms with Gasteiger partial charge in [-0.25, -0.2) is 0 Å². The molecule has 3 rings (SSSR count). The van der Waals surface area contributed by atoms with Gasteiger partial charge in [0.15, 0.2) is 0 Å². The van der Waals surface area contributed by atoms with Crippen LogP contribution in [-0.4, -0.2) is 11.2 Å². The highest BCUT2D eigenvalue weighted by Gasteiger charge is 2.64. The van der Waals surface area contributed by atoms with E-state index >= 15 is 0 Å². The Hall–Kier alpha value is -0.300. The first kappa shape index (κ1) is 10.8. The number of rotatable bonds is 1. The minimum absolute atomic E-state index is 0.0880. The quantitative estimate of drug-likeness (QED) is 0.673. The van der Waals surface area contributed by atoms with Gasteiger partial charge in [-0.05, 0) is 48.3 Å². The van der Waals surface area contributed by atoms with Crippen molar-refractivity contribution in [3.63, 3.8) is 0 Å². The Balaban J connectivity index is 2.02. The minimum atomic E-state index is -0.0880. The van der Waals surface area contributed by atoms with E-state index in [1.54, 1.807) is 0 Å². The predicted molar refractivity (Wildman–Crippen MR) is 65.9 cm³/mol. The van der Waals surface area contributed by atoms with E-state index in [1.807, 2.05) is 0 Å². The second-order valence-corrected chi connectivity index (χ2v) is 6.90. The summed E-state index contributed by atoms with van der Waals surface area (Å²) >= 11 is 0. The Kier molecular flexibility index (Phi) is 2.12. The Morgan fingerprint density at radius 2 is 2.12 bits per heavy atom. The van der Waals surface area contributed by atoms with Gasteiger partial charge in [0.1, 0.15) is 0 Å². The summed E-state index contributed by atoms with van der Waals surface area (Å²) < 4.78 is 0. The van der Waals surface area contributed by atoms with Crippen molar-refractivity contribution in [2.24, 2.45) is 35.0 Å². The topological polar surface area (TPSA) is 20.2 Å². The number of hydrogen-bond acceptors (Lipinski definition) is 1. The second kappa shape index (κ2) is 3.13. The number of hydrogen-bond donors (Lipinski definition) is 1. The van der Waals surface area contributed by atoms with Gasteiger partial charge in [0.25, 0.3) is 0 Å². The summed E-state index contributed by atoms with van der Waals surface area (Å²) in [6.45, 7) is 11.4. The maximum absolute atomic E-state index is 10.2. The molecule has 0 radical (unpaired) electrons. The predicted octanol–water partition coefficient (Wildman–Crippen LogP) is 3.24. The maximum atomic E-state index is 10.2. The highest BCUT2D eigenvalue weighted by Crippen LogP contribution is 2.69. The summed E-state index contributed by atoms with van der Waals surface area (Å²) in [4.78, 5) is 0. The molecule has 0 spiro atoms. The summed E-state index contributed by atoms with van der Waals surface area (Å²) in [6, 6.07) is 0. The fraction of sp³-hybridized carbons (Fsp3) is 0.867. The van der Waals surface area contributed by atoms with Crippen molar-refractivity contribution in [3.05, 3.63) is 12.2 Å². The van der Waals surface area contributed by atoms with Crippen molar-refractivity contribution in [2.75, 3.05) is 0 Å². The Morgan fingerprint density at radius 1 is 1.44 bits per heavy atom. The zero-order valence-electron chi connectivity index (χ0n) is 10.7. The Bertz CT molecular complexity index is 332. The molecule has 90 valence electrons. The lowest BCUT2D eigenvalue weighted by atomic mass is 9.61. The van der Waals surface area contributed by atoms with Crippen molar-refractivity contribution in [3.8, 4) is 0 Å². The molecule has 4 bridgehead atoms. The van der Waals surface area contributed by atoms with Crippen molar-refractivity contribution < 1.29 is 5.11 Å². The first-order valence-electron chi connectivity index (χ1n) is 6.84. The molecule has 6 atom stereocenters. The average molecular weight is 220 g/mol. The molecular formula is C15H24O. The minimum Gasteiger partial charge on any atom is -0.392 e. The van der Waals surface area contributed by atoms with Gasteiger partial charge in [0.05, 0.1) is 6.10 Å². The first-order valence-corrected chi connectivity index (χ1v) is 6.84. The van der Waals surface area contributed by atoms with Crippen molar-refractivity contribution in [1.29, 1.82) is 0 Å². The van der Waals surface area contributed by atoms with Crippen LogP contribution in [0.3, 0.4) is 0 Å². The van der Waals surface area contributed by atoms with E-state index in [9.17, 15) is 5.11 Å². The van der Waals surface area contributed by atoms with Gasteiger partial charge >= 0.3 is 0 Å². The summed E-state index contributed by atoms with van der Waals surface area (Å²) in [7, 11) is 0. The van der Waals surface area contributed by atoms with E-state index in [4.69, 9.17) is 0 Å². The average Bonchev–Trinajstić information content (AvgIpc) is 2.58. The zero-order valence-corrected chi connectivity index (χ0v) is 10.7. The van der Waals surface area contributed by atoms with E-state index < -0.39 is 0 Å². The van der Waals surface area contributed by atoms with Gasteiger partial charge in [-0.1, -0.05) is 32.9 Å². The molecular weight excluding hydrogens is 196 g/mol.